The summed E-state index contributed by atoms with van der Waals surface area (Å²) in [7, 11) is 0. The second-order valence-electron chi connectivity index (χ2n) is 5.70. The molecule has 0 fully saturated rings. The number of esters is 1. The van der Waals surface area contributed by atoms with Crippen LogP contribution in [0, 0.1) is 0 Å². The Kier molecular flexibility index (Phi) is 5.56. The Bertz CT molecular complexity index is 423. The molecule has 3 nitrogen and oxygen atoms in total. The van der Waals surface area contributed by atoms with E-state index in [2.05, 4.69) is 21.2 Å². The van der Waals surface area contributed by atoms with Crippen molar-refractivity contribution < 1.29 is 9.53 Å². The van der Waals surface area contributed by atoms with E-state index >= 15 is 0 Å². The number of halogens is 1. The van der Waals surface area contributed by atoms with E-state index in [1.165, 1.54) is 0 Å². The van der Waals surface area contributed by atoms with E-state index in [0.29, 0.717) is 0 Å². The molecule has 19 heavy (non-hydrogen) atoms. The van der Waals surface area contributed by atoms with Crippen molar-refractivity contribution in [1.29, 1.82) is 0 Å². The van der Waals surface area contributed by atoms with E-state index in [0.717, 1.165) is 10.0 Å². The van der Waals surface area contributed by atoms with Gasteiger partial charge in [0, 0.05) is 10.5 Å². The van der Waals surface area contributed by atoms with Gasteiger partial charge < -0.3 is 4.74 Å². The van der Waals surface area contributed by atoms with Gasteiger partial charge in [-0.1, -0.05) is 28.1 Å². The van der Waals surface area contributed by atoms with Crippen LogP contribution in [-0.4, -0.2) is 17.6 Å². The molecule has 0 aromatic heterocycles. The molecule has 106 valence electrons. The third kappa shape index (κ3) is 5.74. The lowest BCUT2D eigenvalue weighted by Crippen LogP contribution is -2.40. The molecule has 0 radical (unpaired) electrons. The molecule has 4 heteroatoms. The van der Waals surface area contributed by atoms with Crippen molar-refractivity contribution in [1.82, 2.24) is 5.32 Å². The van der Waals surface area contributed by atoms with Crippen molar-refractivity contribution in [3.63, 3.8) is 0 Å². The van der Waals surface area contributed by atoms with E-state index in [1.807, 2.05) is 58.9 Å². The second kappa shape index (κ2) is 6.53. The average molecular weight is 328 g/mol. The molecule has 0 aliphatic heterocycles. The summed E-state index contributed by atoms with van der Waals surface area (Å²) in [4.78, 5) is 11.9. The maximum Gasteiger partial charge on any atom is 0.323 e. The van der Waals surface area contributed by atoms with Gasteiger partial charge in [-0.2, -0.15) is 0 Å². The Labute approximate surface area is 123 Å². The molecular formula is C15H22BrNO2. The smallest absolute Gasteiger partial charge is 0.323 e. The van der Waals surface area contributed by atoms with Crippen molar-refractivity contribution in [2.45, 2.75) is 52.3 Å². The van der Waals surface area contributed by atoms with Crippen molar-refractivity contribution in [3.8, 4) is 0 Å². The fourth-order valence-corrected chi connectivity index (χ4v) is 1.95. The molecule has 0 heterocycles. The third-order valence-electron chi connectivity index (χ3n) is 2.63. The van der Waals surface area contributed by atoms with Crippen LogP contribution in [0.1, 0.15) is 46.2 Å². The number of rotatable bonds is 4. The SMILES string of the molecule is CC(N[C@@H](C)c1ccc(Br)cc1)C(=O)OC(C)(C)C. The zero-order valence-corrected chi connectivity index (χ0v) is 13.7. The molecule has 0 saturated carbocycles. The topological polar surface area (TPSA) is 38.3 Å². The quantitative estimate of drug-likeness (QED) is 0.854. The summed E-state index contributed by atoms with van der Waals surface area (Å²) in [5.74, 6) is -0.225. The summed E-state index contributed by atoms with van der Waals surface area (Å²) in [6, 6.07) is 7.80. The minimum absolute atomic E-state index is 0.0932. The minimum Gasteiger partial charge on any atom is -0.459 e. The van der Waals surface area contributed by atoms with Gasteiger partial charge >= 0.3 is 5.97 Å². The standard InChI is InChI=1S/C15H22BrNO2/c1-10(12-6-8-13(16)9-7-12)17-11(2)14(18)19-15(3,4)5/h6-11,17H,1-5H3/t10-,11?/m0/s1. The molecule has 0 aliphatic carbocycles. The fourth-order valence-electron chi connectivity index (χ4n) is 1.68. The van der Waals surface area contributed by atoms with Gasteiger partial charge in [-0.3, -0.25) is 10.1 Å². The van der Waals surface area contributed by atoms with Crippen LogP contribution < -0.4 is 5.32 Å². The second-order valence-corrected chi connectivity index (χ2v) is 6.61. The Morgan fingerprint density at radius 3 is 2.21 bits per heavy atom. The number of hydrogen-bond donors (Lipinski definition) is 1. The van der Waals surface area contributed by atoms with Gasteiger partial charge in [0.2, 0.25) is 0 Å². The third-order valence-corrected chi connectivity index (χ3v) is 3.16. The lowest BCUT2D eigenvalue weighted by Gasteiger charge is -2.24. The molecule has 1 aromatic carbocycles. The van der Waals surface area contributed by atoms with E-state index in [1.54, 1.807) is 0 Å². The van der Waals surface area contributed by atoms with Gasteiger partial charge in [-0.25, -0.2) is 0 Å². The zero-order valence-electron chi connectivity index (χ0n) is 12.2. The van der Waals surface area contributed by atoms with Crippen LogP contribution in [0.4, 0.5) is 0 Å². The first kappa shape index (κ1) is 16.2. The maximum atomic E-state index is 11.9. The first-order valence-electron chi connectivity index (χ1n) is 6.43. The lowest BCUT2D eigenvalue weighted by molar-refractivity contribution is -0.157. The summed E-state index contributed by atoms with van der Waals surface area (Å²) in [6.45, 7) is 9.47. The number of hydrogen-bond acceptors (Lipinski definition) is 3. The molecule has 0 saturated heterocycles. The average Bonchev–Trinajstić information content (AvgIpc) is 2.27. The number of carbonyl (C=O) groups is 1. The van der Waals surface area contributed by atoms with Crippen molar-refractivity contribution in [2.24, 2.45) is 0 Å². The van der Waals surface area contributed by atoms with Crippen LogP contribution >= 0.6 is 15.9 Å². The first-order valence-corrected chi connectivity index (χ1v) is 7.23. The van der Waals surface area contributed by atoms with Gasteiger partial charge in [0.05, 0.1) is 0 Å². The molecule has 1 rings (SSSR count). The van der Waals surface area contributed by atoms with Crippen molar-refractivity contribution in [2.75, 3.05) is 0 Å². The first-order chi connectivity index (χ1) is 8.69. The lowest BCUT2D eigenvalue weighted by atomic mass is 10.1. The van der Waals surface area contributed by atoms with Crippen LogP contribution in [0.3, 0.4) is 0 Å². The van der Waals surface area contributed by atoms with Gasteiger partial charge in [0.15, 0.2) is 0 Å². The molecule has 0 amide bonds. The van der Waals surface area contributed by atoms with E-state index in [4.69, 9.17) is 4.74 Å². The van der Waals surface area contributed by atoms with Gasteiger partial charge in [0.25, 0.3) is 0 Å². The summed E-state index contributed by atoms with van der Waals surface area (Å²) in [5, 5.41) is 3.25. The predicted molar refractivity (Wildman–Crippen MR) is 81.0 cm³/mol. The largest absolute Gasteiger partial charge is 0.459 e. The van der Waals surface area contributed by atoms with E-state index in [-0.39, 0.29) is 18.1 Å². The van der Waals surface area contributed by atoms with Crippen LogP contribution in [0.25, 0.3) is 0 Å². The monoisotopic (exact) mass is 327 g/mol. The summed E-state index contributed by atoms with van der Waals surface area (Å²) in [5.41, 5.74) is 0.687. The minimum atomic E-state index is -0.451. The Morgan fingerprint density at radius 2 is 1.74 bits per heavy atom. The highest BCUT2D eigenvalue weighted by Crippen LogP contribution is 2.17. The van der Waals surface area contributed by atoms with Crippen molar-refractivity contribution in [3.05, 3.63) is 34.3 Å². The highest BCUT2D eigenvalue weighted by atomic mass is 79.9. The number of carbonyl (C=O) groups excluding carboxylic acids is 1. The molecule has 0 bridgehead atoms. The highest BCUT2D eigenvalue weighted by molar-refractivity contribution is 9.10. The normalized spacial score (nSPS) is 14.8. The molecular weight excluding hydrogens is 306 g/mol. The Morgan fingerprint density at radius 1 is 1.21 bits per heavy atom. The van der Waals surface area contributed by atoms with Gasteiger partial charge in [-0.15, -0.1) is 0 Å². The van der Waals surface area contributed by atoms with Gasteiger partial charge in [-0.05, 0) is 52.3 Å². The molecule has 1 unspecified atom stereocenters. The Hall–Kier alpha value is -0.870. The highest BCUT2D eigenvalue weighted by Gasteiger charge is 2.22. The van der Waals surface area contributed by atoms with Crippen molar-refractivity contribution >= 4 is 21.9 Å². The number of ether oxygens (including phenoxy) is 1. The molecule has 0 spiro atoms. The summed E-state index contributed by atoms with van der Waals surface area (Å²) in [6.07, 6.45) is 0. The fraction of sp³-hybridized carbons (Fsp3) is 0.533. The van der Waals surface area contributed by atoms with E-state index < -0.39 is 5.60 Å². The number of benzene rings is 1. The van der Waals surface area contributed by atoms with Crippen LogP contribution in [0.15, 0.2) is 28.7 Å². The van der Waals surface area contributed by atoms with Crippen LogP contribution in [0.2, 0.25) is 0 Å². The van der Waals surface area contributed by atoms with Crippen LogP contribution in [0.5, 0.6) is 0 Å². The molecule has 1 aromatic rings. The molecule has 1 N–H and O–H groups in total. The summed E-state index contributed by atoms with van der Waals surface area (Å²) < 4.78 is 6.39. The van der Waals surface area contributed by atoms with Gasteiger partial charge in [0.1, 0.15) is 11.6 Å². The molecule has 0 aliphatic rings. The molecule has 2 atom stereocenters. The maximum absolute atomic E-state index is 11.9. The van der Waals surface area contributed by atoms with E-state index in [9.17, 15) is 4.79 Å². The summed E-state index contributed by atoms with van der Waals surface area (Å²) >= 11 is 3.41. The van der Waals surface area contributed by atoms with Crippen LogP contribution in [-0.2, 0) is 9.53 Å². The zero-order chi connectivity index (χ0) is 14.6. The number of nitrogens with one attached hydrogen (secondary N) is 1. The predicted octanol–water partition coefficient (Wildman–Crippen LogP) is 3.83. The Balaban J connectivity index is 2.59.